The maximum Gasteiger partial charge on any atom is 0.228 e. The van der Waals surface area contributed by atoms with Crippen molar-refractivity contribution in [2.45, 2.75) is 64.6 Å². The Hall–Kier alpha value is -3.63. The Balaban J connectivity index is 1.33. The Morgan fingerprint density at radius 2 is 1.92 bits per heavy atom. The van der Waals surface area contributed by atoms with Gasteiger partial charge in [-0.3, -0.25) is 4.68 Å². The number of aryl methyl sites for hydroxylation is 2. The zero-order chi connectivity index (χ0) is 24.8. The molecule has 0 unspecified atom stereocenters. The van der Waals surface area contributed by atoms with Crippen LogP contribution in [0.3, 0.4) is 0 Å². The van der Waals surface area contributed by atoms with Crippen LogP contribution >= 0.6 is 0 Å². The van der Waals surface area contributed by atoms with E-state index in [1.807, 2.05) is 23.7 Å². The van der Waals surface area contributed by atoms with Gasteiger partial charge in [0, 0.05) is 44.2 Å². The van der Waals surface area contributed by atoms with E-state index in [9.17, 15) is 8.78 Å². The van der Waals surface area contributed by atoms with Crippen molar-refractivity contribution in [1.82, 2.24) is 34.5 Å². The van der Waals surface area contributed by atoms with Crippen LogP contribution in [0.1, 0.15) is 54.3 Å². The molecule has 2 aliphatic rings. The van der Waals surface area contributed by atoms with Crippen molar-refractivity contribution in [2.24, 2.45) is 7.05 Å². The van der Waals surface area contributed by atoms with E-state index >= 15 is 0 Å². The molecule has 36 heavy (non-hydrogen) atoms. The minimum absolute atomic E-state index is 0.0714. The summed E-state index contributed by atoms with van der Waals surface area (Å²) in [4.78, 5) is 11.0. The predicted octanol–water partition coefficient (Wildman–Crippen LogP) is 3.70. The molecule has 0 amide bonds. The molecule has 0 bridgehead atoms. The normalized spacial score (nSPS) is 15.1. The first-order chi connectivity index (χ1) is 17.5. The van der Waals surface area contributed by atoms with Gasteiger partial charge in [0.05, 0.1) is 18.8 Å². The van der Waals surface area contributed by atoms with Crippen LogP contribution in [0.4, 0.5) is 20.5 Å². The fraction of sp³-hybridized carbons (Fsp3) is 0.480. The van der Waals surface area contributed by atoms with E-state index in [2.05, 4.69) is 35.1 Å². The van der Waals surface area contributed by atoms with Crippen LogP contribution < -0.4 is 10.2 Å². The minimum Gasteiger partial charge on any atom is -0.364 e. The lowest BCUT2D eigenvalue weighted by Crippen LogP contribution is -2.23. The second kappa shape index (κ2) is 9.11. The molecule has 0 spiro atoms. The topological polar surface area (TPSA) is 89.6 Å². The Morgan fingerprint density at radius 3 is 2.81 bits per heavy atom. The molecule has 0 saturated heterocycles. The van der Waals surface area contributed by atoms with E-state index in [4.69, 9.17) is 0 Å². The number of hydrogen-bond acceptors (Lipinski definition) is 7. The number of nitrogens with zero attached hydrogens (tertiary/aromatic N) is 8. The first-order valence-corrected chi connectivity index (χ1v) is 12.5. The second-order valence-electron chi connectivity index (χ2n) is 9.71. The van der Waals surface area contributed by atoms with Crippen molar-refractivity contribution in [1.29, 1.82) is 0 Å². The van der Waals surface area contributed by atoms with Crippen LogP contribution in [-0.2, 0) is 45.9 Å². The van der Waals surface area contributed by atoms with Crippen LogP contribution in [0.25, 0.3) is 10.9 Å². The minimum atomic E-state index is -0.722. The maximum absolute atomic E-state index is 14.8. The van der Waals surface area contributed by atoms with Crippen molar-refractivity contribution in [3.05, 3.63) is 52.4 Å². The van der Waals surface area contributed by atoms with Crippen LogP contribution in [0.2, 0.25) is 0 Å². The van der Waals surface area contributed by atoms with Gasteiger partial charge in [-0.05, 0) is 43.7 Å². The highest BCUT2D eigenvalue weighted by Crippen LogP contribution is 2.29. The lowest BCUT2D eigenvalue weighted by molar-refractivity contribution is 0.589. The Labute approximate surface area is 207 Å². The molecule has 4 heterocycles. The molecule has 0 atom stereocenters. The fourth-order valence-electron chi connectivity index (χ4n) is 5.40. The van der Waals surface area contributed by atoms with Gasteiger partial charge in [0.15, 0.2) is 11.6 Å². The van der Waals surface area contributed by atoms with Crippen LogP contribution in [0.5, 0.6) is 0 Å². The van der Waals surface area contributed by atoms with Gasteiger partial charge in [0.2, 0.25) is 5.95 Å². The highest BCUT2D eigenvalue weighted by atomic mass is 19.1. The van der Waals surface area contributed by atoms with Gasteiger partial charge >= 0.3 is 0 Å². The predicted molar refractivity (Wildman–Crippen MR) is 132 cm³/mol. The molecule has 1 N–H and O–H groups in total. The first kappa shape index (κ1) is 22.8. The van der Waals surface area contributed by atoms with E-state index in [1.165, 1.54) is 23.7 Å². The van der Waals surface area contributed by atoms with E-state index in [0.29, 0.717) is 30.2 Å². The molecule has 0 fully saturated rings. The quantitative estimate of drug-likeness (QED) is 0.438. The average molecular weight is 494 g/mol. The number of anilines is 2. The summed E-state index contributed by atoms with van der Waals surface area (Å²) in [5.74, 6) is 1.14. The number of hydrogen-bond donors (Lipinski definition) is 1. The Kier molecular flexibility index (Phi) is 5.77. The van der Waals surface area contributed by atoms with E-state index in [0.717, 1.165) is 68.5 Å². The van der Waals surface area contributed by atoms with Gasteiger partial charge in [-0.15, -0.1) is 10.2 Å². The molecular formula is C25H29F2N9. The third-order valence-electron chi connectivity index (χ3n) is 7.23. The number of fused-ring (bicyclic) bond motifs is 3. The van der Waals surface area contributed by atoms with Crippen molar-refractivity contribution in [2.75, 3.05) is 17.3 Å². The number of halogens is 2. The molecule has 4 aromatic rings. The van der Waals surface area contributed by atoms with Gasteiger partial charge in [0.1, 0.15) is 23.0 Å². The standard InChI is InChI=1S/C25H29F2N9/c1-34(14-22-32-31-21-9-4-3-5-10-36(21)22)25-29-23-17(11-15(26)12-18(23)27)24(30-25)28-13-19-16-7-6-8-20(16)35(2)33-19/h11-12H,3-10,13-14H2,1-2H3,(H,28,29,30). The zero-order valence-corrected chi connectivity index (χ0v) is 20.6. The summed E-state index contributed by atoms with van der Waals surface area (Å²) in [6.45, 7) is 1.72. The second-order valence-corrected chi connectivity index (χ2v) is 9.71. The first-order valence-electron chi connectivity index (χ1n) is 12.5. The molecule has 188 valence electrons. The molecule has 6 rings (SSSR count). The Bertz CT molecular complexity index is 1440. The van der Waals surface area contributed by atoms with E-state index < -0.39 is 11.6 Å². The third-order valence-corrected chi connectivity index (χ3v) is 7.23. The summed E-state index contributed by atoms with van der Waals surface area (Å²) in [5.41, 5.74) is 3.52. The van der Waals surface area contributed by atoms with Gasteiger partial charge in [-0.25, -0.2) is 13.8 Å². The molecule has 3 aromatic heterocycles. The van der Waals surface area contributed by atoms with Crippen LogP contribution in [0, 0.1) is 11.6 Å². The molecular weight excluding hydrogens is 464 g/mol. The SMILES string of the molecule is CN(Cc1nnc2n1CCCCC2)c1nc(NCc2nn(C)c3c2CCC3)c2cc(F)cc(F)c2n1. The lowest BCUT2D eigenvalue weighted by atomic mass is 10.2. The molecule has 11 heteroatoms. The van der Waals surface area contributed by atoms with Crippen molar-refractivity contribution < 1.29 is 8.78 Å². The smallest absolute Gasteiger partial charge is 0.228 e. The number of rotatable bonds is 6. The summed E-state index contributed by atoms with van der Waals surface area (Å²) in [7, 11) is 3.80. The molecule has 1 aliphatic heterocycles. The van der Waals surface area contributed by atoms with E-state index in [1.54, 1.807) is 0 Å². The van der Waals surface area contributed by atoms with Crippen molar-refractivity contribution in [3.63, 3.8) is 0 Å². The summed E-state index contributed by atoms with van der Waals surface area (Å²) in [6, 6.07) is 2.12. The van der Waals surface area contributed by atoms with Crippen molar-refractivity contribution in [3.8, 4) is 0 Å². The number of nitrogens with one attached hydrogen (secondary N) is 1. The summed E-state index contributed by atoms with van der Waals surface area (Å²) in [6.07, 6.45) is 7.43. The summed E-state index contributed by atoms with van der Waals surface area (Å²) in [5, 5.41) is 17.0. The molecule has 1 aromatic carbocycles. The number of benzene rings is 1. The van der Waals surface area contributed by atoms with Gasteiger partial charge < -0.3 is 14.8 Å². The van der Waals surface area contributed by atoms with Gasteiger partial charge in [0.25, 0.3) is 0 Å². The summed E-state index contributed by atoms with van der Waals surface area (Å²) >= 11 is 0. The highest BCUT2D eigenvalue weighted by molar-refractivity contribution is 5.90. The maximum atomic E-state index is 14.8. The zero-order valence-electron chi connectivity index (χ0n) is 20.6. The van der Waals surface area contributed by atoms with Crippen LogP contribution in [0.15, 0.2) is 12.1 Å². The summed E-state index contributed by atoms with van der Waals surface area (Å²) < 4.78 is 33.1. The van der Waals surface area contributed by atoms with Crippen molar-refractivity contribution >= 4 is 22.7 Å². The average Bonchev–Trinajstić information content (AvgIpc) is 3.51. The van der Waals surface area contributed by atoms with Crippen LogP contribution in [-0.4, -0.2) is 41.6 Å². The molecule has 1 aliphatic carbocycles. The lowest BCUT2D eigenvalue weighted by Gasteiger charge is -2.19. The fourth-order valence-corrected chi connectivity index (χ4v) is 5.40. The Morgan fingerprint density at radius 1 is 1.03 bits per heavy atom. The number of aromatic nitrogens is 7. The molecule has 0 saturated carbocycles. The third kappa shape index (κ3) is 4.06. The highest BCUT2D eigenvalue weighted by Gasteiger charge is 2.22. The molecule has 0 radical (unpaired) electrons. The van der Waals surface area contributed by atoms with Gasteiger partial charge in [-0.1, -0.05) is 6.42 Å². The molecule has 9 nitrogen and oxygen atoms in total. The van der Waals surface area contributed by atoms with E-state index in [-0.39, 0.29) is 5.52 Å². The monoisotopic (exact) mass is 493 g/mol. The largest absolute Gasteiger partial charge is 0.364 e. The van der Waals surface area contributed by atoms with Gasteiger partial charge in [-0.2, -0.15) is 10.1 Å².